The molecule has 3 rings (SSSR count). The standard InChI is InChI=1S/C26H33ClF3N3O7S/c1-33(20-8-4-3-5-9-20)41(35,36)32-25(34)39-12-6-7-18-10-11-21(38-14-13-37-2)16-23(18)40-24-22(27)15-19(17-31-24)26(28,29)30/h10-11,15-17,20H,3-9,12-14H2,1-2H3,(H,32,34). The van der Waals surface area contributed by atoms with E-state index in [1.54, 1.807) is 12.1 Å². The molecule has 1 saturated carbocycles. The highest BCUT2D eigenvalue weighted by atomic mass is 35.5. The zero-order valence-corrected chi connectivity index (χ0v) is 24.3. The molecule has 1 aliphatic rings. The number of carbonyl (C=O) groups is 1. The summed E-state index contributed by atoms with van der Waals surface area (Å²) in [5, 5.41) is -0.337. The van der Waals surface area contributed by atoms with Gasteiger partial charge in [0.25, 0.3) is 0 Å². The Morgan fingerprint density at radius 3 is 2.54 bits per heavy atom. The van der Waals surface area contributed by atoms with Crippen molar-refractivity contribution in [1.29, 1.82) is 0 Å². The summed E-state index contributed by atoms with van der Waals surface area (Å²) in [5.74, 6) is 0.389. The minimum Gasteiger partial charge on any atom is -0.491 e. The van der Waals surface area contributed by atoms with Gasteiger partial charge in [-0.3, -0.25) is 0 Å². The van der Waals surface area contributed by atoms with E-state index in [0.717, 1.165) is 32.1 Å². The maximum Gasteiger partial charge on any atom is 0.421 e. The second-order valence-corrected chi connectivity index (χ2v) is 11.5. The Bertz CT molecular complexity index is 1280. The van der Waals surface area contributed by atoms with Crippen LogP contribution in [0.3, 0.4) is 0 Å². The summed E-state index contributed by atoms with van der Waals surface area (Å²) in [4.78, 5) is 15.9. The summed E-state index contributed by atoms with van der Waals surface area (Å²) < 4.78 is 88.6. The lowest BCUT2D eigenvalue weighted by molar-refractivity contribution is -0.137. The summed E-state index contributed by atoms with van der Waals surface area (Å²) in [6.07, 6.45) is -0.117. The number of nitrogens with one attached hydrogen (secondary N) is 1. The second kappa shape index (κ2) is 14.9. The van der Waals surface area contributed by atoms with Gasteiger partial charge in [-0.05, 0) is 43.4 Å². The number of methoxy groups -OCH3 is 1. The van der Waals surface area contributed by atoms with Crippen molar-refractivity contribution in [3.05, 3.63) is 46.6 Å². The highest BCUT2D eigenvalue weighted by Gasteiger charge is 2.32. The van der Waals surface area contributed by atoms with Gasteiger partial charge in [0.05, 0.1) is 18.8 Å². The molecule has 1 fully saturated rings. The van der Waals surface area contributed by atoms with E-state index < -0.39 is 28.0 Å². The van der Waals surface area contributed by atoms with Crippen LogP contribution >= 0.6 is 11.6 Å². The number of aryl methyl sites for hydroxylation is 1. The van der Waals surface area contributed by atoms with Crippen molar-refractivity contribution in [2.75, 3.05) is 34.0 Å². The van der Waals surface area contributed by atoms with Crippen molar-refractivity contribution in [3.63, 3.8) is 0 Å². The van der Waals surface area contributed by atoms with Crippen LogP contribution in [0.5, 0.6) is 17.4 Å². The molecule has 0 saturated heterocycles. The Hall–Kier alpha value is -2.81. The largest absolute Gasteiger partial charge is 0.491 e. The van der Waals surface area contributed by atoms with Gasteiger partial charge in [-0.25, -0.2) is 14.5 Å². The Morgan fingerprint density at radius 2 is 1.88 bits per heavy atom. The Morgan fingerprint density at radius 1 is 1.15 bits per heavy atom. The third-order valence-corrected chi connectivity index (χ3v) is 8.19. The molecule has 1 heterocycles. The molecule has 1 aromatic carbocycles. The number of hydrogen-bond donors (Lipinski definition) is 1. The van der Waals surface area contributed by atoms with E-state index in [9.17, 15) is 26.4 Å². The van der Waals surface area contributed by atoms with Gasteiger partial charge in [0, 0.05) is 32.5 Å². The number of rotatable bonds is 13. The SMILES string of the molecule is COCCOc1ccc(CCCOC(=O)NS(=O)(=O)N(C)C2CCCCC2)c(Oc2ncc(C(F)(F)F)cc2Cl)c1. The molecule has 0 aliphatic heterocycles. The average Bonchev–Trinajstić information content (AvgIpc) is 2.92. The number of halogens is 4. The molecule has 0 spiro atoms. The number of amides is 1. The predicted octanol–water partition coefficient (Wildman–Crippen LogP) is 5.74. The van der Waals surface area contributed by atoms with Crippen LogP contribution in [-0.2, 0) is 32.3 Å². The number of aromatic nitrogens is 1. The third-order valence-electron chi connectivity index (χ3n) is 6.44. The fourth-order valence-electron chi connectivity index (χ4n) is 4.20. The van der Waals surface area contributed by atoms with Crippen LogP contribution < -0.4 is 14.2 Å². The van der Waals surface area contributed by atoms with Gasteiger partial charge < -0.3 is 18.9 Å². The van der Waals surface area contributed by atoms with E-state index in [1.807, 2.05) is 4.72 Å². The lowest BCUT2D eigenvalue weighted by Crippen LogP contribution is -2.47. The van der Waals surface area contributed by atoms with Gasteiger partial charge in [0.2, 0.25) is 5.88 Å². The number of benzene rings is 1. The van der Waals surface area contributed by atoms with Crippen LogP contribution in [-0.4, -0.2) is 63.8 Å². The molecule has 15 heteroatoms. The molecule has 1 N–H and O–H groups in total. The zero-order valence-electron chi connectivity index (χ0n) is 22.7. The van der Waals surface area contributed by atoms with E-state index in [0.29, 0.717) is 36.6 Å². The topological polar surface area (TPSA) is 116 Å². The first-order valence-electron chi connectivity index (χ1n) is 13.0. The summed E-state index contributed by atoms with van der Waals surface area (Å²) in [7, 11) is -1.09. The molecule has 41 heavy (non-hydrogen) atoms. The number of alkyl halides is 3. The van der Waals surface area contributed by atoms with E-state index in [2.05, 4.69) is 4.98 Å². The number of ether oxygens (including phenoxy) is 4. The molecular formula is C26H33ClF3N3O7S. The van der Waals surface area contributed by atoms with Crippen molar-refractivity contribution in [1.82, 2.24) is 14.0 Å². The first-order valence-corrected chi connectivity index (χ1v) is 14.8. The summed E-state index contributed by atoms with van der Waals surface area (Å²) in [6, 6.07) is 5.43. The number of carbonyl (C=O) groups excluding carboxylic acids is 1. The summed E-state index contributed by atoms with van der Waals surface area (Å²) in [5.41, 5.74) is -0.426. The van der Waals surface area contributed by atoms with Gasteiger partial charge >= 0.3 is 22.5 Å². The predicted molar refractivity (Wildman–Crippen MR) is 144 cm³/mol. The smallest absolute Gasteiger partial charge is 0.421 e. The minimum absolute atomic E-state index is 0.112. The van der Waals surface area contributed by atoms with E-state index in [1.165, 1.54) is 24.5 Å². The number of nitrogens with zero attached hydrogens (tertiary/aromatic N) is 2. The quantitative estimate of drug-likeness (QED) is 0.281. The van der Waals surface area contributed by atoms with Gasteiger partial charge in [-0.15, -0.1) is 0 Å². The highest BCUT2D eigenvalue weighted by Crippen LogP contribution is 2.36. The number of hydrogen-bond acceptors (Lipinski definition) is 8. The van der Waals surface area contributed by atoms with Gasteiger partial charge in [-0.2, -0.15) is 25.9 Å². The Labute approximate surface area is 242 Å². The third kappa shape index (κ3) is 9.90. The first-order chi connectivity index (χ1) is 19.4. The zero-order chi connectivity index (χ0) is 30.0. The van der Waals surface area contributed by atoms with Crippen LogP contribution in [0.25, 0.3) is 0 Å². The molecule has 0 unspecified atom stereocenters. The molecule has 1 aromatic heterocycles. The number of pyridine rings is 1. The van der Waals surface area contributed by atoms with Crippen LogP contribution in [0.15, 0.2) is 30.5 Å². The summed E-state index contributed by atoms with van der Waals surface area (Å²) in [6.45, 7) is 0.464. The van der Waals surface area contributed by atoms with E-state index >= 15 is 0 Å². The van der Waals surface area contributed by atoms with Crippen LogP contribution in [0.4, 0.5) is 18.0 Å². The van der Waals surface area contributed by atoms with Crippen LogP contribution in [0.2, 0.25) is 5.02 Å². The van der Waals surface area contributed by atoms with Crippen molar-refractivity contribution < 1.29 is 45.3 Å². The van der Waals surface area contributed by atoms with Crippen molar-refractivity contribution in [2.24, 2.45) is 0 Å². The Balaban J connectivity index is 1.62. The fraction of sp³-hybridized carbons (Fsp3) is 0.538. The van der Waals surface area contributed by atoms with Crippen LogP contribution in [0, 0.1) is 0 Å². The first kappa shape index (κ1) is 32.7. The monoisotopic (exact) mass is 623 g/mol. The Kier molecular flexibility index (Phi) is 11.9. The van der Waals surface area contributed by atoms with Gasteiger partial charge in [0.15, 0.2) is 0 Å². The molecule has 1 aliphatic carbocycles. The molecule has 10 nitrogen and oxygen atoms in total. The minimum atomic E-state index is -4.62. The van der Waals surface area contributed by atoms with Crippen molar-refractivity contribution in [3.8, 4) is 17.4 Å². The van der Waals surface area contributed by atoms with Crippen molar-refractivity contribution in [2.45, 2.75) is 57.2 Å². The summed E-state index contributed by atoms with van der Waals surface area (Å²) >= 11 is 6.01. The normalized spacial score (nSPS) is 14.6. The second-order valence-electron chi connectivity index (χ2n) is 9.38. The maximum atomic E-state index is 13.0. The molecule has 1 amide bonds. The molecule has 2 aromatic rings. The van der Waals surface area contributed by atoms with Gasteiger partial charge in [-0.1, -0.05) is 36.9 Å². The molecule has 0 radical (unpaired) electrons. The lowest BCUT2D eigenvalue weighted by Gasteiger charge is -2.29. The van der Waals surface area contributed by atoms with E-state index in [4.69, 9.17) is 30.5 Å². The van der Waals surface area contributed by atoms with Crippen molar-refractivity contribution >= 4 is 27.9 Å². The molecule has 0 atom stereocenters. The van der Waals surface area contributed by atoms with Crippen LogP contribution in [0.1, 0.15) is 49.7 Å². The lowest BCUT2D eigenvalue weighted by atomic mass is 9.96. The maximum absolute atomic E-state index is 13.0. The van der Waals surface area contributed by atoms with E-state index in [-0.39, 0.29) is 42.3 Å². The molecule has 0 bridgehead atoms. The van der Waals surface area contributed by atoms with Gasteiger partial charge in [0.1, 0.15) is 23.1 Å². The average molecular weight is 624 g/mol. The molecular weight excluding hydrogens is 591 g/mol. The highest BCUT2D eigenvalue weighted by molar-refractivity contribution is 7.87. The molecule has 228 valence electrons. The fourth-order valence-corrected chi connectivity index (χ4v) is 5.43.